The quantitative estimate of drug-likeness (QED) is 0.336. The number of nitrogens with two attached hydrogens (primary N) is 1. The molecule has 0 spiro atoms. The average molecular weight is 593 g/mol. The molecule has 0 radical (unpaired) electrons. The minimum Gasteiger partial charge on any atom is -0.496 e. The molecule has 1 fully saturated rings. The van der Waals surface area contributed by atoms with Crippen molar-refractivity contribution in [2.45, 2.75) is 18.9 Å². The number of fused-ring (bicyclic) bond motifs is 1. The van der Waals surface area contributed by atoms with Crippen molar-refractivity contribution in [1.82, 2.24) is 19.9 Å². The smallest absolute Gasteiger partial charge is 0.265 e. The Kier molecular flexibility index (Phi) is 8.36. The maximum atomic E-state index is 14.7. The number of rotatable bonds is 6. The first-order valence-corrected chi connectivity index (χ1v) is 13.2. The molecule has 218 valence electrons. The molecule has 1 amide bonds. The van der Waals surface area contributed by atoms with Crippen LogP contribution >= 0.6 is 12.4 Å². The number of aromatic nitrogens is 4. The molecule has 42 heavy (non-hydrogen) atoms. The number of carbonyl (C=O) groups is 1. The molecular weight excluding hydrogens is 563 g/mol. The van der Waals surface area contributed by atoms with Gasteiger partial charge < -0.3 is 25.4 Å². The van der Waals surface area contributed by atoms with Gasteiger partial charge in [0.25, 0.3) is 5.91 Å². The van der Waals surface area contributed by atoms with Crippen LogP contribution in [-0.4, -0.2) is 65.7 Å². The fourth-order valence-electron chi connectivity index (χ4n) is 5.09. The van der Waals surface area contributed by atoms with Gasteiger partial charge in [0, 0.05) is 67.7 Å². The Morgan fingerprint density at radius 2 is 2.00 bits per heavy atom. The van der Waals surface area contributed by atoms with Crippen molar-refractivity contribution >= 4 is 41.5 Å². The number of hydrogen-bond acceptors (Lipinski definition) is 10. The van der Waals surface area contributed by atoms with Crippen LogP contribution in [0.4, 0.5) is 27.5 Å². The molecule has 6 rings (SSSR count). The van der Waals surface area contributed by atoms with Gasteiger partial charge in [-0.3, -0.25) is 9.69 Å². The molecule has 2 aliphatic heterocycles. The number of methoxy groups -OCH3 is 1. The number of benzene rings is 1. The SMILES string of the molecule is COc1cccc(F)c1-c1nccc(Nc2cc(N3CCC[C@H](N)C3)c(-c3cnc4c(c3)OCC(=O)N4C)cn2)n1.Cl. The normalized spacial score (nSPS) is 16.3. The van der Waals surface area contributed by atoms with Gasteiger partial charge in [0.2, 0.25) is 0 Å². The van der Waals surface area contributed by atoms with Gasteiger partial charge in [-0.25, -0.2) is 24.3 Å². The van der Waals surface area contributed by atoms with Gasteiger partial charge in [-0.15, -0.1) is 12.4 Å². The van der Waals surface area contributed by atoms with E-state index >= 15 is 0 Å². The monoisotopic (exact) mass is 592 g/mol. The number of carbonyl (C=O) groups excluding carboxylic acids is 1. The van der Waals surface area contributed by atoms with Crippen molar-refractivity contribution in [1.29, 1.82) is 0 Å². The highest BCUT2D eigenvalue weighted by atomic mass is 35.5. The van der Waals surface area contributed by atoms with E-state index in [-0.39, 0.29) is 42.4 Å². The zero-order valence-corrected chi connectivity index (χ0v) is 23.9. The van der Waals surface area contributed by atoms with E-state index in [0.29, 0.717) is 35.5 Å². The van der Waals surface area contributed by atoms with Gasteiger partial charge >= 0.3 is 0 Å². The topological polar surface area (TPSA) is 132 Å². The highest BCUT2D eigenvalue weighted by Gasteiger charge is 2.26. The van der Waals surface area contributed by atoms with Crippen LogP contribution in [0.15, 0.2) is 55.0 Å². The number of ether oxygens (including phenoxy) is 2. The molecule has 3 N–H and O–H groups in total. The summed E-state index contributed by atoms with van der Waals surface area (Å²) in [5.74, 6) is 1.89. The lowest BCUT2D eigenvalue weighted by atomic mass is 10.0. The van der Waals surface area contributed by atoms with Crippen molar-refractivity contribution in [3.63, 3.8) is 0 Å². The summed E-state index contributed by atoms with van der Waals surface area (Å²) in [5, 5.41) is 3.23. The second-order valence-corrected chi connectivity index (χ2v) is 9.93. The van der Waals surface area contributed by atoms with Crippen molar-refractivity contribution in [3.05, 3.63) is 60.8 Å². The summed E-state index contributed by atoms with van der Waals surface area (Å²) >= 11 is 0. The number of nitrogens with one attached hydrogen (secondary N) is 1. The van der Waals surface area contributed by atoms with Crippen LogP contribution < -0.4 is 30.3 Å². The molecule has 0 aliphatic carbocycles. The molecule has 2 aliphatic rings. The summed E-state index contributed by atoms with van der Waals surface area (Å²) in [5.41, 5.74) is 9.09. The van der Waals surface area contributed by atoms with Crippen molar-refractivity contribution < 1.29 is 18.7 Å². The van der Waals surface area contributed by atoms with Crippen molar-refractivity contribution in [2.24, 2.45) is 5.73 Å². The molecule has 5 heterocycles. The van der Waals surface area contributed by atoms with E-state index < -0.39 is 5.82 Å². The maximum Gasteiger partial charge on any atom is 0.265 e. The van der Waals surface area contributed by atoms with Crippen molar-refractivity contribution in [2.75, 3.05) is 49.0 Å². The fraction of sp³-hybridized carbons (Fsp3) is 0.276. The Morgan fingerprint density at radius 1 is 1.14 bits per heavy atom. The lowest BCUT2D eigenvalue weighted by Gasteiger charge is -2.34. The molecular formula is C29H30ClFN8O3. The Balaban J connectivity index is 0.00000353. The van der Waals surface area contributed by atoms with Gasteiger partial charge in [-0.2, -0.15) is 0 Å². The van der Waals surface area contributed by atoms with Crippen LogP contribution in [0.2, 0.25) is 0 Å². The third-order valence-electron chi connectivity index (χ3n) is 7.20. The van der Waals surface area contributed by atoms with Gasteiger partial charge in [0.15, 0.2) is 24.0 Å². The van der Waals surface area contributed by atoms with Gasteiger partial charge in [0.1, 0.15) is 23.2 Å². The molecule has 1 aromatic carbocycles. The fourth-order valence-corrected chi connectivity index (χ4v) is 5.09. The lowest BCUT2D eigenvalue weighted by Crippen LogP contribution is -2.43. The molecule has 11 nitrogen and oxygen atoms in total. The van der Waals surface area contributed by atoms with Crippen LogP contribution in [0.1, 0.15) is 12.8 Å². The van der Waals surface area contributed by atoms with Crippen LogP contribution in [-0.2, 0) is 4.79 Å². The molecule has 3 aromatic heterocycles. The first-order valence-electron chi connectivity index (χ1n) is 13.2. The molecule has 0 unspecified atom stereocenters. The number of amides is 1. The molecule has 1 saturated heterocycles. The zero-order valence-electron chi connectivity index (χ0n) is 23.1. The second-order valence-electron chi connectivity index (χ2n) is 9.93. The van der Waals surface area contributed by atoms with Crippen LogP contribution in [0, 0.1) is 5.82 Å². The van der Waals surface area contributed by atoms with Crippen LogP contribution in [0.3, 0.4) is 0 Å². The number of anilines is 4. The minimum atomic E-state index is -0.481. The zero-order chi connectivity index (χ0) is 28.5. The summed E-state index contributed by atoms with van der Waals surface area (Å²) in [7, 11) is 3.15. The molecule has 13 heteroatoms. The summed E-state index contributed by atoms with van der Waals surface area (Å²) in [6, 6.07) is 10.1. The summed E-state index contributed by atoms with van der Waals surface area (Å²) in [6.07, 6.45) is 6.95. The van der Waals surface area contributed by atoms with E-state index in [9.17, 15) is 9.18 Å². The standard InChI is InChI=1S/C29H29FN8O3.ClH/c1-37-26(39)16-41-23-11-17(13-34-29(23)37)19-14-33-25(12-21(19)38-10-4-5-18(31)15-38)35-24-8-9-32-28(36-24)27-20(30)6-3-7-22(27)40-2;/h3,6-9,11-14,18H,4-5,10,15-16,31H2,1-2H3,(H,32,33,35,36);1H/t18-;/m0./s1. The van der Waals surface area contributed by atoms with Gasteiger partial charge in [-0.1, -0.05) is 6.07 Å². The Hall–Kier alpha value is -4.55. The number of nitrogens with zero attached hydrogens (tertiary/aromatic N) is 6. The number of likely N-dealkylation sites (N-methyl/N-ethyl adjacent to an activating group) is 1. The molecule has 0 bridgehead atoms. The Morgan fingerprint density at radius 3 is 2.81 bits per heavy atom. The Labute approximate surface area is 248 Å². The third-order valence-corrected chi connectivity index (χ3v) is 7.20. The minimum absolute atomic E-state index is 0. The average Bonchev–Trinajstić information content (AvgIpc) is 2.99. The van der Waals surface area contributed by atoms with Gasteiger partial charge in [0.05, 0.1) is 12.7 Å². The summed E-state index contributed by atoms with van der Waals surface area (Å²) in [6.45, 7) is 1.48. The predicted molar refractivity (Wildman–Crippen MR) is 160 cm³/mol. The number of piperidine rings is 1. The number of pyridine rings is 2. The first-order chi connectivity index (χ1) is 19.9. The Bertz CT molecular complexity index is 1620. The first kappa shape index (κ1) is 29.0. The maximum absolute atomic E-state index is 14.7. The number of hydrogen-bond donors (Lipinski definition) is 2. The van der Waals surface area contributed by atoms with E-state index in [0.717, 1.165) is 36.2 Å². The number of halogens is 2. The largest absolute Gasteiger partial charge is 0.496 e. The highest BCUT2D eigenvalue weighted by molar-refractivity contribution is 5.96. The van der Waals surface area contributed by atoms with E-state index in [2.05, 4.69) is 30.2 Å². The van der Waals surface area contributed by atoms with Gasteiger partial charge in [-0.05, 0) is 37.1 Å². The van der Waals surface area contributed by atoms with E-state index in [4.69, 9.17) is 15.2 Å². The predicted octanol–water partition coefficient (Wildman–Crippen LogP) is 4.20. The van der Waals surface area contributed by atoms with Crippen molar-refractivity contribution in [3.8, 4) is 34.0 Å². The summed E-state index contributed by atoms with van der Waals surface area (Å²) in [4.78, 5) is 33.7. The van der Waals surface area contributed by atoms with E-state index in [1.165, 1.54) is 18.1 Å². The highest BCUT2D eigenvalue weighted by Crippen LogP contribution is 2.38. The second kappa shape index (κ2) is 12.1. The van der Waals surface area contributed by atoms with Crippen LogP contribution in [0.5, 0.6) is 11.5 Å². The van der Waals surface area contributed by atoms with Crippen LogP contribution in [0.25, 0.3) is 22.5 Å². The van der Waals surface area contributed by atoms with E-state index in [1.54, 1.807) is 43.8 Å². The third kappa shape index (κ3) is 5.63. The summed E-state index contributed by atoms with van der Waals surface area (Å²) < 4.78 is 25.7. The molecule has 0 saturated carbocycles. The lowest BCUT2D eigenvalue weighted by molar-refractivity contribution is -0.121. The van der Waals surface area contributed by atoms with E-state index in [1.807, 2.05) is 12.1 Å². The molecule has 1 atom stereocenters. The molecule has 4 aromatic rings.